The van der Waals surface area contributed by atoms with Gasteiger partial charge < -0.3 is 14.8 Å². The molecule has 0 atom stereocenters. The van der Waals surface area contributed by atoms with E-state index >= 15 is 0 Å². The van der Waals surface area contributed by atoms with Crippen LogP contribution in [0, 0.1) is 0 Å². The number of sulfonamides is 1. The van der Waals surface area contributed by atoms with Crippen LogP contribution in [0.3, 0.4) is 0 Å². The van der Waals surface area contributed by atoms with Gasteiger partial charge in [0.2, 0.25) is 0 Å². The number of benzene rings is 3. The van der Waals surface area contributed by atoms with E-state index in [1.165, 1.54) is 39.5 Å². The highest BCUT2D eigenvalue weighted by atomic mass is 35.5. The van der Waals surface area contributed by atoms with Crippen LogP contribution in [0.25, 0.3) is 0 Å². The molecule has 0 aromatic heterocycles. The minimum Gasteiger partial charge on any atom is -0.493 e. The predicted octanol–water partition coefficient (Wildman–Crippen LogP) is 4.43. The zero-order valence-electron chi connectivity index (χ0n) is 17.1. The maximum Gasteiger partial charge on any atom is 0.264 e. The summed E-state index contributed by atoms with van der Waals surface area (Å²) in [7, 11) is 0.500. The molecule has 1 N–H and O–H groups in total. The molecule has 0 bridgehead atoms. The van der Waals surface area contributed by atoms with E-state index in [4.69, 9.17) is 21.1 Å². The van der Waals surface area contributed by atoms with Crippen LogP contribution in [0.15, 0.2) is 71.6 Å². The summed E-state index contributed by atoms with van der Waals surface area (Å²) in [4.78, 5) is 12.5. The average Bonchev–Trinajstić information content (AvgIpc) is 2.79. The summed E-state index contributed by atoms with van der Waals surface area (Å²) in [6.45, 7) is 0. The molecule has 0 saturated carbocycles. The maximum atomic E-state index is 13.0. The van der Waals surface area contributed by atoms with E-state index in [9.17, 15) is 13.2 Å². The molecule has 3 rings (SSSR count). The number of halogens is 1. The van der Waals surface area contributed by atoms with Gasteiger partial charge in [-0.05, 0) is 60.7 Å². The van der Waals surface area contributed by atoms with Crippen LogP contribution >= 0.6 is 11.6 Å². The van der Waals surface area contributed by atoms with E-state index in [0.717, 1.165) is 4.31 Å². The number of nitrogens with one attached hydrogen (secondary N) is 1. The average molecular weight is 461 g/mol. The lowest BCUT2D eigenvalue weighted by Crippen LogP contribution is -2.26. The Hall–Kier alpha value is -3.23. The first-order valence-electron chi connectivity index (χ1n) is 9.14. The molecule has 0 radical (unpaired) electrons. The smallest absolute Gasteiger partial charge is 0.264 e. The van der Waals surface area contributed by atoms with Crippen LogP contribution in [0.2, 0.25) is 5.02 Å². The van der Waals surface area contributed by atoms with Gasteiger partial charge in [0, 0.05) is 29.4 Å². The number of carbonyl (C=O) groups is 1. The third-order valence-corrected chi connectivity index (χ3v) is 6.64. The van der Waals surface area contributed by atoms with Crippen molar-refractivity contribution < 1.29 is 22.7 Å². The summed E-state index contributed by atoms with van der Waals surface area (Å²) in [5, 5.41) is 3.33. The minimum atomic E-state index is -3.85. The summed E-state index contributed by atoms with van der Waals surface area (Å²) >= 11 is 5.85. The second-order valence-electron chi connectivity index (χ2n) is 6.50. The zero-order chi connectivity index (χ0) is 22.6. The number of carbonyl (C=O) groups excluding carboxylic acids is 1. The number of hydrogen-bond donors (Lipinski definition) is 1. The summed E-state index contributed by atoms with van der Waals surface area (Å²) < 4.78 is 37.5. The SMILES string of the molecule is COc1ccc(S(=O)(=O)N(C)c2ccc(C(=O)Nc3ccc(Cl)cc3)cc2)cc1OC. The molecule has 0 aliphatic rings. The van der Waals surface area contributed by atoms with Crippen molar-refractivity contribution in [2.45, 2.75) is 4.90 Å². The molecule has 0 aliphatic carbocycles. The largest absolute Gasteiger partial charge is 0.493 e. The van der Waals surface area contributed by atoms with Crippen LogP contribution in [-0.2, 0) is 10.0 Å². The lowest BCUT2D eigenvalue weighted by molar-refractivity contribution is 0.102. The van der Waals surface area contributed by atoms with E-state index in [1.54, 1.807) is 48.5 Å². The van der Waals surface area contributed by atoms with Crippen molar-refractivity contribution in [3.8, 4) is 11.5 Å². The van der Waals surface area contributed by atoms with Gasteiger partial charge in [0.25, 0.3) is 15.9 Å². The fraction of sp³-hybridized carbons (Fsp3) is 0.136. The summed E-state index contributed by atoms with van der Waals surface area (Å²) in [6, 6.07) is 17.4. The summed E-state index contributed by atoms with van der Waals surface area (Å²) in [5.74, 6) is 0.422. The molecule has 3 aromatic rings. The maximum absolute atomic E-state index is 13.0. The second-order valence-corrected chi connectivity index (χ2v) is 8.90. The molecule has 0 spiro atoms. The van der Waals surface area contributed by atoms with Crippen LogP contribution in [0.5, 0.6) is 11.5 Å². The molecule has 3 aromatic carbocycles. The van der Waals surface area contributed by atoms with E-state index in [-0.39, 0.29) is 10.8 Å². The Morgan fingerprint density at radius 2 is 1.52 bits per heavy atom. The molecule has 31 heavy (non-hydrogen) atoms. The topological polar surface area (TPSA) is 84.9 Å². The molecule has 0 heterocycles. The van der Waals surface area contributed by atoms with Gasteiger partial charge >= 0.3 is 0 Å². The highest BCUT2D eigenvalue weighted by Gasteiger charge is 2.23. The second kappa shape index (κ2) is 9.28. The van der Waals surface area contributed by atoms with Crippen molar-refractivity contribution >= 4 is 38.9 Å². The standard InChI is InChI=1S/C22H21ClN2O5S/c1-25(31(27,28)19-12-13-20(29-2)21(14-19)30-3)18-10-4-15(5-11-18)22(26)24-17-8-6-16(23)7-9-17/h4-14H,1-3H3,(H,24,26). The van der Waals surface area contributed by atoms with Crippen molar-refractivity contribution in [2.75, 3.05) is 30.9 Å². The number of nitrogens with zero attached hydrogens (tertiary/aromatic N) is 1. The quantitative estimate of drug-likeness (QED) is 0.563. The monoisotopic (exact) mass is 460 g/mol. The molecule has 162 valence electrons. The highest BCUT2D eigenvalue weighted by Crippen LogP contribution is 2.31. The van der Waals surface area contributed by atoms with Crippen molar-refractivity contribution in [3.05, 3.63) is 77.3 Å². The predicted molar refractivity (Wildman–Crippen MR) is 121 cm³/mol. The Balaban J connectivity index is 1.79. The molecule has 1 amide bonds. The van der Waals surface area contributed by atoms with E-state index in [2.05, 4.69) is 5.32 Å². The summed E-state index contributed by atoms with van der Waals surface area (Å²) in [6.07, 6.45) is 0. The molecule has 7 nitrogen and oxygen atoms in total. The summed E-state index contributed by atoms with van der Waals surface area (Å²) in [5.41, 5.74) is 1.39. The molecular formula is C22H21ClN2O5S. The molecule has 0 aliphatic heterocycles. The van der Waals surface area contributed by atoms with Crippen LogP contribution < -0.4 is 19.1 Å². The molecule has 0 saturated heterocycles. The van der Waals surface area contributed by atoms with Gasteiger partial charge in [-0.1, -0.05) is 11.6 Å². The van der Waals surface area contributed by atoms with Gasteiger partial charge in [-0.15, -0.1) is 0 Å². The van der Waals surface area contributed by atoms with E-state index in [1.807, 2.05) is 0 Å². The van der Waals surface area contributed by atoms with Crippen molar-refractivity contribution in [2.24, 2.45) is 0 Å². The van der Waals surface area contributed by atoms with Gasteiger partial charge in [-0.2, -0.15) is 0 Å². The van der Waals surface area contributed by atoms with Crippen molar-refractivity contribution in [1.82, 2.24) is 0 Å². The van der Waals surface area contributed by atoms with Gasteiger partial charge in [0.05, 0.1) is 24.8 Å². The fourth-order valence-corrected chi connectivity index (χ4v) is 4.17. The number of methoxy groups -OCH3 is 2. The van der Waals surface area contributed by atoms with Crippen molar-refractivity contribution in [1.29, 1.82) is 0 Å². The van der Waals surface area contributed by atoms with Gasteiger partial charge in [0.15, 0.2) is 11.5 Å². The number of ether oxygens (including phenoxy) is 2. The molecule has 0 unspecified atom stereocenters. The fourth-order valence-electron chi connectivity index (χ4n) is 2.83. The Kier molecular flexibility index (Phi) is 6.72. The van der Waals surface area contributed by atoms with E-state index < -0.39 is 10.0 Å². The Morgan fingerprint density at radius 3 is 2.10 bits per heavy atom. The number of rotatable bonds is 7. The van der Waals surface area contributed by atoms with Crippen LogP contribution in [0.1, 0.15) is 10.4 Å². The first-order valence-corrected chi connectivity index (χ1v) is 11.0. The van der Waals surface area contributed by atoms with Crippen LogP contribution in [-0.4, -0.2) is 35.6 Å². The number of amides is 1. The minimum absolute atomic E-state index is 0.0530. The van der Waals surface area contributed by atoms with Gasteiger partial charge in [-0.3, -0.25) is 9.10 Å². The Bertz CT molecular complexity index is 1180. The Labute approximate surface area is 186 Å². The van der Waals surface area contributed by atoms with Crippen molar-refractivity contribution in [3.63, 3.8) is 0 Å². The third-order valence-electron chi connectivity index (χ3n) is 4.61. The number of hydrogen-bond acceptors (Lipinski definition) is 5. The zero-order valence-corrected chi connectivity index (χ0v) is 18.7. The normalized spacial score (nSPS) is 11.0. The van der Waals surface area contributed by atoms with E-state index in [0.29, 0.717) is 33.5 Å². The first kappa shape index (κ1) is 22.5. The first-order chi connectivity index (χ1) is 14.8. The third kappa shape index (κ3) is 4.92. The molecular weight excluding hydrogens is 440 g/mol. The Morgan fingerprint density at radius 1 is 0.903 bits per heavy atom. The van der Waals surface area contributed by atoms with Crippen LogP contribution in [0.4, 0.5) is 11.4 Å². The van der Waals surface area contributed by atoms with Gasteiger partial charge in [0.1, 0.15) is 0 Å². The molecule has 9 heteroatoms. The highest BCUT2D eigenvalue weighted by molar-refractivity contribution is 7.92. The number of anilines is 2. The molecule has 0 fully saturated rings. The van der Waals surface area contributed by atoms with Gasteiger partial charge in [-0.25, -0.2) is 8.42 Å². The lowest BCUT2D eigenvalue weighted by atomic mass is 10.2. The lowest BCUT2D eigenvalue weighted by Gasteiger charge is -2.20.